The largest absolute Gasteiger partial charge is 0.333 e. The highest BCUT2D eigenvalue weighted by Gasteiger charge is 2.39. The molecule has 0 bridgehead atoms. The maximum atomic E-state index is 12.6. The van der Waals surface area contributed by atoms with Gasteiger partial charge in [0.05, 0.1) is 12.3 Å². The van der Waals surface area contributed by atoms with Gasteiger partial charge >= 0.3 is 0 Å². The zero-order valence-electron chi connectivity index (χ0n) is 12.4. The molecule has 0 saturated carbocycles. The van der Waals surface area contributed by atoms with Crippen LogP contribution in [0, 0.1) is 5.92 Å². The summed E-state index contributed by atoms with van der Waals surface area (Å²) >= 11 is 0. The van der Waals surface area contributed by atoms with Gasteiger partial charge in [-0.3, -0.25) is 4.79 Å². The monoisotopic (exact) mass is 280 g/mol. The van der Waals surface area contributed by atoms with Crippen LogP contribution in [0.25, 0.3) is 0 Å². The van der Waals surface area contributed by atoms with Crippen LogP contribution in [-0.2, 0) is 4.79 Å². The first-order chi connectivity index (χ1) is 10.3. The second-order valence-corrected chi connectivity index (χ2v) is 5.83. The molecular formula is C19H22NO+. The number of carbonyl (C=O) groups is 1. The molecule has 1 saturated heterocycles. The van der Waals surface area contributed by atoms with Gasteiger partial charge in [-0.1, -0.05) is 67.6 Å². The summed E-state index contributed by atoms with van der Waals surface area (Å²) in [6.45, 7) is 2.12. The number of rotatable bonds is 3. The van der Waals surface area contributed by atoms with Crippen molar-refractivity contribution in [2.45, 2.75) is 31.8 Å². The topological polar surface area (TPSA) is 33.7 Å². The summed E-state index contributed by atoms with van der Waals surface area (Å²) in [5.74, 6) is 0.537. The van der Waals surface area contributed by atoms with E-state index in [9.17, 15) is 4.79 Å². The van der Waals surface area contributed by atoms with Crippen molar-refractivity contribution in [1.29, 1.82) is 0 Å². The lowest BCUT2D eigenvalue weighted by molar-refractivity contribution is -0.743. The molecule has 0 amide bonds. The first-order valence-corrected chi connectivity index (χ1v) is 7.77. The molecule has 3 atom stereocenters. The molecule has 108 valence electrons. The van der Waals surface area contributed by atoms with Crippen molar-refractivity contribution < 1.29 is 10.1 Å². The van der Waals surface area contributed by atoms with Crippen LogP contribution in [0.4, 0.5) is 0 Å². The summed E-state index contributed by atoms with van der Waals surface area (Å²) in [7, 11) is 0. The minimum Gasteiger partial charge on any atom is -0.333 e. The zero-order valence-corrected chi connectivity index (χ0v) is 12.4. The Hall–Kier alpha value is -1.93. The highest BCUT2D eigenvalue weighted by Crippen LogP contribution is 2.30. The molecule has 0 radical (unpaired) electrons. The van der Waals surface area contributed by atoms with Crippen molar-refractivity contribution in [3.05, 3.63) is 71.8 Å². The third-order valence-electron chi connectivity index (χ3n) is 4.56. The molecule has 1 aliphatic heterocycles. The van der Waals surface area contributed by atoms with Crippen molar-refractivity contribution >= 4 is 5.78 Å². The van der Waals surface area contributed by atoms with Crippen LogP contribution in [0.15, 0.2) is 60.7 Å². The average molecular weight is 280 g/mol. The first kappa shape index (κ1) is 14.0. The Labute approximate surface area is 126 Å². The summed E-state index contributed by atoms with van der Waals surface area (Å²) in [5.41, 5.74) is 2.51. The number of Topliss-reactive ketones (excluding diaryl/α,β-unsaturated/α-hetero) is 1. The van der Waals surface area contributed by atoms with Crippen molar-refractivity contribution in [3.63, 3.8) is 0 Å². The predicted octanol–water partition coefficient (Wildman–Crippen LogP) is 3.03. The predicted molar refractivity (Wildman–Crippen MR) is 83.7 cm³/mol. The summed E-state index contributed by atoms with van der Waals surface area (Å²) < 4.78 is 0. The second kappa shape index (κ2) is 6.23. The number of hydrogen-bond donors (Lipinski definition) is 1. The van der Waals surface area contributed by atoms with Gasteiger partial charge in [-0.15, -0.1) is 0 Å². The van der Waals surface area contributed by atoms with Gasteiger partial charge in [0.2, 0.25) is 0 Å². The van der Waals surface area contributed by atoms with Gasteiger partial charge in [-0.25, -0.2) is 0 Å². The number of nitrogens with two attached hydrogens (primary N) is 1. The molecule has 2 aromatic carbocycles. The number of quaternary nitrogens is 1. The van der Waals surface area contributed by atoms with Gasteiger partial charge < -0.3 is 5.32 Å². The summed E-state index contributed by atoms with van der Waals surface area (Å²) in [6.07, 6.45) is 1.56. The van der Waals surface area contributed by atoms with E-state index in [4.69, 9.17) is 0 Å². The van der Waals surface area contributed by atoms with E-state index in [2.05, 4.69) is 60.8 Å². The quantitative estimate of drug-likeness (QED) is 0.921. The molecule has 2 nitrogen and oxygen atoms in total. The van der Waals surface area contributed by atoms with Crippen molar-refractivity contribution in [2.75, 3.05) is 0 Å². The number of ketones is 1. The molecule has 0 spiro atoms. The van der Waals surface area contributed by atoms with Crippen LogP contribution in [0.5, 0.6) is 0 Å². The zero-order chi connectivity index (χ0) is 14.7. The van der Waals surface area contributed by atoms with Gasteiger partial charge in [0.1, 0.15) is 17.9 Å². The van der Waals surface area contributed by atoms with Crippen molar-refractivity contribution in [3.8, 4) is 0 Å². The fourth-order valence-corrected chi connectivity index (χ4v) is 3.45. The first-order valence-electron chi connectivity index (χ1n) is 7.77. The number of carbonyl (C=O) groups excluding carboxylic acids is 1. The maximum Gasteiger partial charge on any atom is 0.148 e. The molecular weight excluding hydrogens is 258 g/mol. The highest BCUT2D eigenvalue weighted by molar-refractivity contribution is 5.82. The summed E-state index contributed by atoms with van der Waals surface area (Å²) in [5, 5.41) is 2.39. The molecule has 1 heterocycles. The average Bonchev–Trinajstić information content (AvgIpc) is 2.55. The van der Waals surface area contributed by atoms with Crippen LogP contribution in [0.3, 0.4) is 0 Å². The van der Waals surface area contributed by atoms with E-state index in [0.29, 0.717) is 12.2 Å². The van der Waals surface area contributed by atoms with Crippen LogP contribution < -0.4 is 5.32 Å². The minimum atomic E-state index is 0.132. The Kier molecular flexibility index (Phi) is 4.16. The number of hydrogen-bond acceptors (Lipinski definition) is 1. The van der Waals surface area contributed by atoms with Gasteiger partial charge in [-0.05, 0) is 6.42 Å². The molecule has 1 aliphatic rings. The highest BCUT2D eigenvalue weighted by atomic mass is 16.1. The summed E-state index contributed by atoms with van der Waals surface area (Å²) in [4.78, 5) is 12.6. The standard InChI is InChI=1S/C19H21NO/c1-2-16-18(21)13-17(14-9-5-3-6-10-14)20-19(16)15-11-7-4-8-12-15/h3-12,16-17,19-20H,2,13H2,1H3/p+1. The Morgan fingerprint density at radius 2 is 1.52 bits per heavy atom. The van der Waals surface area contributed by atoms with Crippen LogP contribution in [-0.4, -0.2) is 5.78 Å². The van der Waals surface area contributed by atoms with E-state index < -0.39 is 0 Å². The summed E-state index contributed by atoms with van der Waals surface area (Å²) in [6, 6.07) is 21.3. The second-order valence-electron chi connectivity index (χ2n) is 5.83. The van der Waals surface area contributed by atoms with Crippen molar-refractivity contribution in [1.82, 2.24) is 0 Å². The van der Waals surface area contributed by atoms with Crippen LogP contribution >= 0.6 is 0 Å². The van der Waals surface area contributed by atoms with E-state index in [1.54, 1.807) is 0 Å². The van der Waals surface area contributed by atoms with Gasteiger partial charge in [0.25, 0.3) is 0 Å². The lowest BCUT2D eigenvalue weighted by atomic mass is 9.79. The molecule has 1 fully saturated rings. The normalized spacial score (nSPS) is 25.8. The number of benzene rings is 2. The Bertz CT molecular complexity index is 593. The molecule has 0 aliphatic carbocycles. The van der Waals surface area contributed by atoms with Gasteiger partial charge in [0, 0.05) is 11.1 Å². The molecule has 0 aromatic heterocycles. The molecule has 3 rings (SSSR count). The van der Waals surface area contributed by atoms with E-state index in [1.807, 2.05) is 12.1 Å². The lowest BCUT2D eigenvalue weighted by Gasteiger charge is -2.33. The Morgan fingerprint density at radius 1 is 0.952 bits per heavy atom. The van der Waals surface area contributed by atoms with Crippen LogP contribution in [0.1, 0.15) is 43.0 Å². The fraction of sp³-hybridized carbons (Fsp3) is 0.316. The molecule has 2 heteroatoms. The molecule has 2 aromatic rings. The van der Waals surface area contributed by atoms with E-state index in [0.717, 1.165) is 6.42 Å². The molecule has 2 N–H and O–H groups in total. The lowest BCUT2D eigenvalue weighted by Crippen LogP contribution is -2.90. The molecule has 21 heavy (non-hydrogen) atoms. The van der Waals surface area contributed by atoms with E-state index in [-0.39, 0.29) is 18.0 Å². The van der Waals surface area contributed by atoms with Crippen molar-refractivity contribution in [2.24, 2.45) is 5.92 Å². The third kappa shape index (κ3) is 2.91. The Balaban J connectivity index is 1.91. The van der Waals surface area contributed by atoms with Gasteiger partial charge in [-0.2, -0.15) is 0 Å². The fourth-order valence-electron chi connectivity index (χ4n) is 3.45. The minimum absolute atomic E-state index is 0.132. The van der Waals surface area contributed by atoms with E-state index in [1.165, 1.54) is 11.1 Å². The maximum absolute atomic E-state index is 12.6. The smallest absolute Gasteiger partial charge is 0.148 e. The van der Waals surface area contributed by atoms with Gasteiger partial charge in [0.15, 0.2) is 0 Å². The molecule has 3 unspecified atom stereocenters. The van der Waals surface area contributed by atoms with E-state index >= 15 is 0 Å². The Morgan fingerprint density at radius 3 is 2.10 bits per heavy atom. The van der Waals surface area contributed by atoms with Crippen LogP contribution in [0.2, 0.25) is 0 Å². The SMILES string of the molecule is CCC1C(=O)CC(c2ccccc2)[NH2+]C1c1ccccc1. The number of piperidine rings is 1. The third-order valence-corrected chi connectivity index (χ3v) is 4.56.